The summed E-state index contributed by atoms with van der Waals surface area (Å²) in [5, 5.41) is 98.4. The van der Waals surface area contributed by atoms with Crippen molar-refractivity contribution in [2.45, 2.75) is 92.9 Å². The third-order valence-corrected chi connectivity index (χ3v) is 10.7. The maximum Gasteiger partial charge on any atom is 0.338 e. The van der Waals surface area contributed by atoms with Crippen LogP contribution in [0.15, 0.2) is 23.8 Å². The summed E-state index contributed by atoms with van der Waals surface area (Å²) in [7, 11) is 0. The molecule has 14 heteroatoms. The van der Waals surface area contributed by atoms with Crippen molar-refractivity contribution in [1.82, 2.24) is 0 Å². The second-order valence-corrected chi connectivity index (χ2v) is 12.3. The Morgan fingerprint density at radius 3 is 2.40 bits per heavy atom. The van der Waals surface area contributed by atoms with Gasteiger partial charge in [0, 0.05) is 11.3 Å². The van der Waals surface area contributed by atoms with Crippen LogP contribution in [0, 0.1) is 22.7 Å². The monoisotopic (exact) mass is 572 g/mol. The van der Waals surface area contributed by atoms with E-state index >= 15 is 0 Å². The normalized spacial score (nSPS) is 59.0. The molecule has 3 saturated heterocycles. The fourth-order valence-corrected chi connectivity index (χ4v) is 8.78. The van der Waals surface area contributed by atoms with Gasteiger partial charge in [-0.25, -0.2) is 4.79 Å². The van der Waals surface area contributed by atoms with Gasteiger partial charge in [-0.05, 0) is 24.8 Å². The summed E-state index contributed by atoms with van der Waals surface area (Å²) in [5.74, 6) is -5.48. The highest BCUT2D eigenvalue weighted by Gasteiger charge is 2.87. The number of carbonyl (C=O) groups is 1. The zero-order valence-corrected chi connectivity index (χ0v) is 21.9. The van der Waals surface area contributed by atoms with Gasteiger partial charge < -0.3 is 64.9 Å². The first kappa shape index (κ1) is 28.6. The number of allylic oxidation sites excluding steroid dienone is 1. The van der Waals surface area contributed by atoms with E-state index in [-0.39, 0.29) is 6.42 Å². The van der Waals surface area contributed by atoms with Gasteiger partial charge in [0.05, 0.1) is 24.7 Å². The molecule has 2 bridgehead atoms. The van der Waals surface area contributed by atoms with Gasteiger partial charge in [-0.3, -0.25) is 0 Å². The maximum atomic E-state index is 12.7. The Kier molecular flexibility index (Phi) is 6.25. The number of hydrogen-bond donors (Lipinski definition) is 9. The molecule has 0 aromatic rings. The van der Waals surface area contributed by atoms with Crippen LogP contribution in [0.5, 0.6) is 0 Å². The van der Waals surface area contributed by atoms with Crippen LogP contribution in [0.25, 0.3) is 0 Å². The molecule has 0 amide bonds. The highest BCUT2D eigenvalue weighted by atomic mass is 16.7. The standard InChI is InChI=1S/C26H36O14/c1-8-4-11(38-21-16(30)15(29)14(28)12(6-27)39-21)18(32)23(3)10(8)5-13-24-7-37-26(36,22(23)24)17(31)9(2)25(24,35)19(33)20(34)40-13/h4,10-19,21-22,27-33,35-36H,2,5-7H2,1,3H3/t10-,11-,12+,13+,14+,15-,16+,17+,18+,19-,21+,22+,23+,24+,25-,26+/m0/s1. The maximum absolute atomic E-state index is 12.7. The molecule has 6 rings (SSSR count). The van der Waals surface area contributed by atoms with Crippen molar-refractivity contribution in [2.24, 2.45) is 22.7 Å². The summed E-state index contributed by atoms with van der Waals surface area (Å²) in [6.45, 7) is 5.91. The largest absolute Gasteiger partial charge is 0.460 e. The highest BCUT2D eigenvalue weighted by Crippen LogP contribution is 2.74. The third kappa shape index (κ3) is 3.06. The molecule has 6 aliphatic rings. The topological polar surface area (TPSA) is 236 Å². The van der Waals surface area contributed by atoms with E-state index in [2.05, 4.69) is 6.58 Å². The summed E-state index contributed by atoms with van der Waals surface area (Å²) < 4.78 is 22.8. The molecule has 0 unspecified atom stereocenters. The molecule has 224 valence electrons. The predicted octanol–water partition coefficient (Wildman–Crippen LogP) is -4.21. The van der Waals surface area contributed by atoms with Crippen LogP contribution in [0.1, 0.15) is 20.3 Å². The van der Waals surface area contributed by atoms with Gasteiger partial charge in [-0.1, -0.05) is 25.2 Å². The van der Waals surface area contributed by atoms with Crippen LogP contribution in [0.4, 0.5) is 0 Å². The number of hydrogen-bond acceptors (Lipinski definition) is 14. The Hall–Kier alpha value is -1.53. The first-order chi connectivity index (χ1) is 18.6. The molecule has 14 nitrogen and oxygen atoms in total. The SMILES string of the molecule is C=C1[C@@H](O)[C@@]2(O)OC[C@]34[C@H]2[C@@]2(C)[C@H](O)[C@@H](O[C@@H]5O[C@H](CO)[C@@H](O)[C@H](O)[C@H]5O)C=C(C)[C@@H]2C[C@H]3OC(=O)[C@H](O)[C@@]14O. The fraction of sp³-hybridized carbons (Fsp3) is 0.808. The van der Waals surface area contributed by atoms with E-state index < -0.39 is 120 Å². The van der Waals surface area contributed by atoms with E-state index in [1.807, 2.05) is 0 Å². The minimum absolute atomic E-state index is 0.0583. The summed E-state index contributed by atoms with van der Waals surface area (Å²) >= 11 is 0. The third-order valence-electron chi connectivity index (χ3n) is 10.7. The Balaban J connectivity index is 1.45. The Morgan fingerprint density at radius 2 is 1.75 bits per heavy atom. The molecule has 0 aromatic carbocycles. The molecular formula is C26H36O14. The van der Waals surface area contributed by atoms with Crippen molar-refractivity contribution in [3.63, 3.8) is 0 Å². The predicted molar refractivity (Wildman–Crippen MR) is 127 cm³/mol. The second kappa shape index (κ2) is 8.75. The van der Waals surface area contributed by atoms with Crippen molar-refractivity contribution in [3.8, 4) is 0 Å². The van der Waals surface area contributed by atoms with Crippen molar-refractivity contribution < 1.29 is 69.7 Å². The van der Waals surface area contributed by atoms with E-state index in [1.54, 1.807) is 19.9 Å². The lowest BCUT2D eigenvalue weighted by molar-refractivity contribution is -0.352. The number of aliphatic hydroxyl groups is 9. The average Bonchev–Trinajstić information content (AvgIpc) is 3.24. The number of ether oxygens (including phenoxy) is 4. The highest BCUT2D eigenvalue weighted by molar-refractivity contribution is 5.79. The summed E-state index contributed by atoms with van der Waals surface area (Å²) in [4.78, 5) is 12.7. The van der Waals surface area contributed by atoms with Crippen LogP contribution in [-0.2, 0) is 23.7 Å². The lowest BCUT2D eigenvalue weighted by Crippen LogP contribution is -2.83. The summed E-state index contributed by atoms with van der Waals surface area (Å²) in [6, 6.07) is 0. The molecular weight excluding hydrogens is 536 g/mol. The first-order valence-corrected chi connectivity index (χ1v) is 13.3. The van der Waals surface area contributed by atoms with Crippen LogP contribution in [-0.4, -0.2) is 138 Å². The summed E-state index contributed by atoms with van der Waals surface area (Å²) in [5.41, 5.74) is -5.46. The lowest BCUT2D eigenvalue weighted by Gasteiger charge is -2.69. The van der Waals surface area contributed by atoms with E-state index in [4.69, 9.17) is 18.9 Å². The van der Waals surface area contributed by atoms with Crippen molar-refractivity contribution in [3.05, 3.63) is 23.8 Å². The Morgan fingerprint density at radius 1 is 1.07 bits per heavy atom. The minimum Gasteiger partial charge on any atom is -0.460 e. The van der Waals surface area contributed by atoms with Crippen molar-refractivity contribution in [1.29, 1.82) is 0 Å². The first-order valence-electron chi connectivity index (χ1n) is 13.3. The van der Waals surface area contributed by atoms with Crippen LogP contribution < -0.4 is 0 Å². The van der Waals surface area contributed by atoms with Gasteiger partial charge in [0.15, 0.2) is 12.4 Å². The molecule has 3 heterocycles. The van der Waals surface area contributed by atoms with Crippen LogP contribution in [0.2, 0.25) is 0 Å². The summed E-state index contributed by atoms with van der Waals surface area (Å²) in [6.07, 6.45) is -14.3. The van der Waals surface area contributed by atoms with Gasteiger partial charge >= 0.3 is 5.97 Å². The lowest BCUT2D eigenvalue weighted by atomic mass is 9.37. The van der Waals surface area contributed by atoms with Crippen molar-refractivity contribution in [2.75, 3.05) is 13.2 Å². The second-order valence-electron chi connectivity index (χ2n) is 12.3. The number of rotatable bonds is 3. The Labute approximate surface area is 228 Å². The molecule has 2 saturated carbocycles. The molecule has 0 radical (unpaired) electrons. The van der Waals surface area contributed by atoms with E-state index in [0.29, 0.717) is 5.57 Å². The number of carbonyl (C=O) groups excluding carboxylic acids is 1. The van der Waals surface area contributed by atoms with Crippen LogP contribution >= 0.6 is 0 Å². The minimum atomic E-state index is -2.48. The molecule has 0 aromatic heterocycles. The van der Waals surface area contributed by atoms with Gasteiger partial charge in [-0.15, -0.1) is 0 Å². The number of esters is 1. The molecule has 1 spiro atoms. The molecule has 9 N–H and O–H groups in total. The fourth-order valence-electron chi connectivity index (χ4n) is 8.78. The number of fused-ring (bicyclic) bond motifs is 1. The molecule has 16 atom stereocenters. The number of aliphatic hydroxyl groups excluding tert-OH is 7. The zero-order chi connectivity index (χ0) is 29.3. The zero-order valence-electron chi connectivity index (χ0n) is 21.9. The molecule has 40 heavy (non-hydrogen) atoms. The van der Waals surface area contributed by atoms with Gasteiger partial charge in [0.2, 0.25) is 5.79 Å². The Bertz CT molecular complexity index is 1140. The van der Waals surface area contributed by atoms with E-state index in [9.17, 15) is 50.8 Å². The average molecular weight is 573 g/mol. The van der Waals surface area contributed by atoms with Gasteiger partial charge in [-0.2, -0.15) is 0 Å². The molecule has 3 aliphatic heterocycles. The van der Waals surface area contributed by atoms with Gasteiger partial charge in [0.25, 0.3) is 0 Å². The van der Waals surface area contributed by atoms with Crippen molar-refractivity contribution >= 4 is 5.97 Å². The smallest absolute Gasteiger partial charge is 0.338 e. The van der Waals surface area contributed by atoms with Crippen LogP contribution in [0.3, 0.4) is 0 Å². The molecule has 3 aliphatic carbocycles. The van der Waals surface area contributed by atoms with Gasteiger partial charge in [0.1, 0.15) is 48.3 Å². The molecule has 5 fully saturated rings. The van der Waals surface area contributed by atoms with E-state index in [0.717, 1.165) is 0 Å². The quantitative estimate of drug-likeness (QED) is 0.115. The van der Waals surface area contributed by atoms with E-state index in [1.165, 1.54) is 0 Å².